The van der Waals surface area contributed by atoms with E-state index in [0.717, 1.165) is 5.69 Å². The molecule has 2 aromatic rings. The number of aromatic nitrogens is 2. The second-order valence-electron chi connectivity index (χ2n) is 4.32. The van der Waals surface area contributed by atoms with E-state index in [9.17, 15) is 8.78 Å². The molecule has 1 aromatic heterocycles. The van der Waals surface area contributed by atoms with Crippen LogP contribution >= 0.6 is 0 Å². The Morgan fingerprint density at radius 3 is 2.90 bits per heavy atom. The molecular weight excluding hydrogens is 280 g/mol. The van der Waals surface area contributed by atoms with E-state index in [1.54, 1.807) is 36.2 Å². The molecule has 0 saturated carbocycles. The van der Waals surface area contributed by atoms with Crippen molar-refractivity contribution < 1.29 is 18.3 Å². The van der Waals surface area contributed by atoms with Gasteiger partial charge in [0.25, 0.3) is 0 Å². The zero-order valence-corrected chi connectivity index (χ0v) is 11.6. The molecule has 0 amide bonds. The molecule has 0 atom stereocenters. The van der Waals surface area contributed by atoms with Gasteiger partial charge in [-0.25, -0.2) is 0 Å². The summed E-state index contributed by atoms with van der Waals surface area (Å²) in [4.78, 5) is 0. The molecule has 0 radical (unpaired) electrons. The lowest BCUT2D eigenvalue weighted by Crippen LogP contribution is -2.07. The van der Waals surface area contributed by atoms with Gasteiger partial charge in [0.1, 0.15) is 5.75 Å². The Morgan fingerprint density at radius 2 is 2.14 bits per heavy atom. The first-order valence-electron chi connectivity index (χ1n) is 6.47. The van der Waals surface area contributed by atoms with Crippen LogP contribution in [0.2, 0.25) is 0 Å². The third-order valence-electron chi connectivity index (χ3n) is 2.83. The van der Waals surface area contributed by atoms with Gasteiger partial charge in [-0.2, -0.15) is 13.9 Å². The molecule has 0 fully saturated rings. The summed E-state index contributed by atoms with van der Waals surface area (Å²) in [5.74, 6) is 0.173. The Bertz CT molecular complexity index is 561. The highest BCUT2D eigenvalue weighted by atomic mass is 19.3. The number of nitrogens with zero attached hydrogens (tertiary/aromatic N) is 2. The molecular formula is C14H17F2N3O2. The second kappa shape index (κ2) is 7.58. The number of halogens is 2. The van der Waals surface area contributed by atoms with Crippen molar-refractivity contribution in [3.63, 3.8) is 0 Å². The maximum atomic E-state index is 12.3. The molecule has 1 heterocycles. The number of anilines is 1. The van der Waals surface area contributed by atoms with Crippen LogP contribution in [0.15, 0.2) is 36.7 Å². The summed E-state index contributed by atoms with van der Waals surface area (Å²) in [5.41, 5.74) is 1.46. The largest absolute Gasteiger partial charge is 0.434 e. The average Bonchev–Trinajstić information content (AvgIpc) is 2.91. The van der Waals surface area contributed by atoms with Crippen LogP contribution in [-0.4, -0.2) is 30.1 Å². The fourth-order valence-corrected chi connectivity index (χ4v) is 1.82. The number of ether oxygens (including phenoxy) is 2. The molecule has 0 saturated heterocycles. The van der Waals surface area contributed by atoms with Crippen LogP contribution in [0, 0.1) is 0 Å². The summed E-state index contributed by atoms with van der Waals surface area (Å²) in [6.07, 6.45) is 3.50. The fourth-order valence-electron chi connectivity index (χ4n) is 1.82. The Balaban J connectivity index is 1.95. The van der Waals surface area contributed by atoms with Gasteiger partial charge in [0.2, 0.25) is 0 Å². The minimum absolute atomic E-state index is 0.173. The van der Waals surface area contributed by atoms with Gasteiger partial charge in [-0.1, -0.05) is 18.2 Å². The van der Waals surface area contributed by atoms with E-state index in [1.165, 1.54) is 6.07 Å². The van der Waals surface area contributed by atoms with E-state index in [1.807, 2.05) is 6.20 Å². The topological polar surface area (TPSA) is 48.3 Å². The number of para-hydroxylation sites is 1. The predicted octanol–water partition coefficient (Wildman–Crippen LogP) is 2.74. The zero-order valence-electron chi connectivity index (χ0n) is 11.6. The second-order valence-corrected chi connectivity index (χ2v) is 4.32. The standard InChI is InChI=1S/C14H17F2N3O2/c1-20-7-6-19-10-12(9-18-19)17-8-11-4-2-3-5-13(11)21-14(15)16/h2-5,9-10,14,17H,6-8H2,1H3. The van der Waals surface area contributed by atoms with Gasteiger partial charge in [0, 0.05) is 25.4 Å². The van der Waals surface area contributed by atoms with E-state index < -0.39 is 6.61 Å². The number of hydrogen-bond donors (Lipinski definition) is 1. The maximum absolute atomic E-state index is 12.3. The van der Waals surface area contributed by atoms with Crippen LogP contribution < -0.4 is 10.1 Å². The van der Waals surface area contributed by atoms with Gasteiger partial charge in [0.05, 0.1) is 25.0 Å². The molecule has 0 aliphatic rings. The lowest BCUT2D eigenvalue weighted by Gasteiger charge is -2.11. The lowest BCUT2D eigenvalue weighted by atomic mass is 10.2. The van der Waals surface area contributed by atoms with Crippen molar-refractivity contribution in [2.24, 2.45) is 0 Å². The monoisotopic (exact) mass is 297 g/mol. The third kappa shape index (κ3) is 4.71. The fraction of sp³-hybridized carbons (Fsp3) is 0.357. The lowest BCUT2D eigenvalue weighted by molar-refractivity contribution is -0.0504. The number of benzene rings is 1. The molecule has 0 bridgehead atoms. The predicted molar refractivity (Wildman–Crippen MR) is 74.5 cm³/mol. The minimum Gasteiger partial charge on any atom is -0.434 e. The van der Waals surface area contributed by atoms with Crippen LogP contribution in [0.3, 0.4) is 0 Å². The highest BCUT2D eigenvalue weighted by Crippen LogP contribution is 2.21. The summed E-state index contributed by atoms with van der Waals surface area (Å²) in [5, 5.41) is 7.28. The molecule has 1 aromatic carbocycles. The highest BCUT2D eigenvalue weighted by molar-refractivity contribution is 5.42. The quantitative estimate of drug-likeness (QED) is 0.814. The van der Waals surface area contributed by atoms with Gasteiger partial charge in [0.15, 0.2) is 0 Å². The van der Waals surface area contributed by atoms with E-state index in [2.05, 4.69) is 15.2 Å². The van der Waals surface area contributed by atoms with E-state index in [0.29, 0.717) is 25.3 Å². The van der Waals surface area contributed by atoms with Gasteiger partial charge >= 0.3 is 6.61 Å². The summed E-state index contributed by atoms with van der Waals surface area (Å²) >= 11 is 0. The van der Waals surface area contributed by atoms with Crippen molar-refractivity contribution in [3.8, 4) is 5.75 Å². The molecule has 0 spiro atoms. The molecule has 2 rings (SSSR count). The van der Waals surface area contributed by atoms with E-state index in [-0.39, 0.29) is 5.75 Å². The Morgan fingerprint density at radius 1 is 1.33 bits per heavy atom. The van der Waals surface area contributed by atoms with Crippen LogP contribution in [-0.2, 0) is 17.8 Å². The van der Waals surface area contributed by atoms with Gasteiger partial charge in [-0.05, 0) is 6.07 Å². The van der Waals surface area contributed by atoms with E-state index in [4.69, 9.17) is 4.74 Å². The normalized spacial score (nSPS) is 10.9. The average molecular weight is 297 g/mol. The minimum atomic E-state index is -2.83. The van der Waals surface area contributed by atoms with E-state index >= 15 is 0 Å². The highest BCUT2D eigenvalue weighted by Gasteiger charge is 2.09. The molecule has 21 heavy (non-hydrogen) atoms. The number of hydrogen-bond acceptors (Lipinski definition) is 4. The summed E-state index contributed by atoms with van der Waals surface area (Å²) in [6.45, 7) is -1.23. The molecule has 0 unspecified atom stereocenters. The van der Waals surface area contributed by atoms with Crippen molar-refractivity contribution in [2.75, 3.05) is 19.0 Å². The molecule has 0 aliphatic heterocycles. The number of methoxy groups -OCH3 is 1. The van der Waals surface area contributed by atoms with Gasteiger partial charge < -0.3 is 14.8 Å². The van der Waals surface area contributed by atoms with Crippen LogP contribution in [0.25, 0.3) is 0 Å². The molecule has 5 nitrogen and oxygen atoms in total. The van der Waals surface area contributed by atoms with Crippen molar-refractivity contribution in [1.29, 1.82) is 0 Å². The van der Waals surface area contributed by atoms with Crippen LogP contribution in [0.4, 0.5) is 14.5 Å². The third-order valence-corrected chi connectivity index (χ3v) is 2.83. The Labute approximate surface area is 121 Å². The van der Waals surface area contributed by atoms with Crippen molar-refractivity contribution in [1.82, 2.24) is 9.78 Å². The first-order chi connectivity index (χ1) is 10.2. The van der Waals surface area contributed by atoms with Crippen molar-refractivity contribution >= 4 is 5.69 Å². The van der Waals surface area contributed by atoms with Crippen molar-refractivity contribution in [2.45, 2.75) is 19.7 Å². The maximum Gasteiger partial charge on any atom is 0.387 e. The number of alkyl halides is 2. The number of rotatable bonds is 8. The van der Waals surface area contributed by atoms with Crippen LogP contribution in [0.5, 0.6) is 5.75 Å². The van der Waals surface area contributed by atoms with Crippen LogP contribution in [0.1, 0.15) is 5.56 Å². The smallest absolute Gasteiger partial charge is 0.387 e. The summed E-state index contributed by atoms with van der Waals surface area (Å²) < 4.78 is 35.8. The Hall–Kier alpha value is -2.15. The molecule has 1 N–H and O–H groups in total. The molecule has 7 heteroatoms. The first kappa shape index (κ1) is 15.2. The van der Waals surface area contributed by atoms with Crippen molar-refractivity contribution in [3.05, 3.63) is 42.2 Å². The first-order valence-corrected chi connectivity index (χ1v) is 6.47. The Kier molecular flexibility index (Phi) is 5.51. The summed E-state index contributed by atoms with van der Waals surface area (Å²) in [7, 11) is 1.63. The zero-order chi connectivity index (χ0) is 15.1. The van der Waals surface area contributed by atoms with Gasteiger partial charge in [-0.15, -0.1) is 0 Å². The summed E-state index contributed by atoms with van der Waals surface area (Å²) in [6, 6.07) is 6.69. The van der Waals surface area contributed by atoms with Gasteiger partial charge in [-0.3, -0.25) is 4.68 Å². The SMILES string of the molecule is COCCn1cc(NCc2ccccc2OC(F)F)cn1. The number of nitrogens with one attached hydrogen (secondary N) is 1. The molecule has 114 valence electrons. The molecule has 0 aliphatic carbocycles.